The van der Waals surface area contributed by atoms with Gasteiger partial charge in [-0.25, -0.2) is 4.79 Å². The summed E-state index contributed by atoms with van der Waals surface area (Å²) in [6.07, 6.45) is 2.96. The summed E-state index contributed by atoms with van der Waals surface area (Å²) >= 11 is 0. The number of rotatable bonds is 6. The van der Waals surface area contributed by atoms with Gasteiger partial charge in [0.1, 0.15) is 0 Å². The maximum absolute atomic E-state index is 12.0. The molecule has 2 rings (SSSR count). The number of hydrogen-bond acceptors (Lipinski definition) is 3. The Bertz CT molecular complexity index is 721. The van der Waals surface area contributed by atoms with Gasteiger partial charge < -0.3 is 10.1 Å². The minimum atomic E-state index is -0.550. The highest BCUT2D eigenvalue weighted by molar-refractivity contribution is 5.95. The van der Waals surface area contributed by atoms with Gasteiger partial charge in [0.25, 0.3) is 5.91 Å². The van der Waals surface area contributed by atoms with Crippen molar-refractivity contribution in [1.82, 2.24) is 0 Å². The number of amides is 1. The van der Waals surface area contributed by atoms with Crippen LogP contribution in [-0.2, 0) is 14.3 Å². The molecule has 0 saturated heterocycles. The average Bonchev–Trinajstić information content (AvgIpc) is 2.59. The molecule has 0 aromatic heterocycles. The van der Waals surface area contributed by atoms with Gasteiger partial charge in [-0.15, -0.1) is 0 Å². The van der Waals surface area contributed by atoms with Gasteiger partial charge in [-0.05, 0) is 29.2 Å². The van der Waals surface area contributed by atoms with Gasteiger partial charge in [0.2, 0.25) is 0 Å². The van der Waals surface area contributed by atoms with Gasteiger partial charge in [0, 0.05) is 11.8 Å². The van der Waals surface area contributed by atoms with Crippen molar-refractivity contribution >= 4 is 23.6 Å². The second-order valence-corrected chi connectivity index (χ2v) is 5.64. The van der Waals surface area contributed by atoms with E-state index in [-0.39, 0.29) is 18.4 Å². The van der Waals surface area contributed by atoms with E-state index in [1.54, 1.807) is 6.08 Å². The summed E-state index contributed by atoms with van der Waals surface area (Å²) in [7, 11) is 0. The summed E-state index contributed by atoms with van der Waals surface area (Å²) in [5.41, 5.74) is 2.68. The molecule has 0 aliphatic carbocycles. The monoisotopic (exact) mass is 323 g/mol. The molecule has 0 fully saturated rings. The Morgan fingerprint density at radius 3 is 2.42 bits per heavy atom. The Morgan fingerprint density at radius 2 is 1.71 bits per heavy atom. The summed E-state index contributed by atoms with van der Waals surface area (Å²) in [6.45, 7) is 3.79. The predicted molar refractivity (Wildman–Crippen MR) is 95.6 cm³/mol. The standard InChI is InChI=1S/C20H21NO3/c1-15(2)17-10-6-7-11-18(17)21-19(22)14-24-20(23)13-12-16-8-4-3-5-9-16/h3-13,15H,14H2,1-2H3,(H,21,22)/b13-12+. The molecule has 2 aromatic carbocycles. The Kier molecular flexibility index (Phi) is 6.32. The number of carbonyl (C=O) groups is 2. The quantitative estimate of drug-likeness (QED) is 0.645. The lowest BCUT2D eigenvalue weighted by Crippen LogP contribution is -2.21. The van der Waals surface area contributed by atoms with Crippen LogP contribution in [0.1, 0.15) is 30.9 Å². The minimum absolute atomic E-state index is 0.290. The molecule has 0 radical (unpaired) electrons. The normalized spacial score (nSPS) is 10.8. The van der Waals surface area contributed by atoms with Crippen LogP contribution in [0.25, 0.3) is 6.08 Å². The van der Waals surface area contributed by atoms with E-state index in [0.29, 0.717) is 0 Å². The van der Waals surface area contributed by atoms with E-state index in [1.165, 1.54) is 6.08 Å². The summed E-state index contributed by atoms with van der Waals surface area (Å²) in [4.78, 5) is 23.6. The molecule has 0 aliphatic rings. The molecule has 0 atom stereocenters. The van der Waals surface area contributed by atoms with Gasteiger partial charge in [-0.3, -0.25) is 4.79 Å². The first-order valence-corrected chi connectivity index (χ1v) is 7.85. The molecule has 124 valence electrons. The summed E-state index contributed by atoms with van der Waals surface area (Å²) in [5, 5.41) is 2.78. The van der Waals surface area contributed by atoms with Crippen LogP contribution in [0.4, 0.5) is 5.69 Å². The number of esters is 1. The van der Waals surface area contributed by atoms with Crippen LogP contribution in [0.5, 0.6) is 0 Å². The first-order valence-electron chi connectivity index (χ1n) is 7.85. The third-order valence-electron chi connectivity index (χ3n) is 3.41. The van der Waals surface area contributed by atoms with Crippen LogP contribution in [-0.4, -0.2) is 18.5 Å². The maximum Gasteiger partial charge on any atom is 0.331 e. The Hall–Kier alpha value is -2.88. The van der Waals surface area contributed by atoms with Crippen molar-refractivity contribution in [3.63, 3.8) is 0 Å². The fourth-order valence-corrected chi connectivity index (χ4v) is 2.21. The second kappa shape index (κ2) is 8.67. The highest BCUT2D eigenvalue weighted by atomic mass is 16.5. The number of anilines is 1. The lowest BCUT2D eigenvalue weighted by atomic mass is 10.0. The number of benzene rings is 2. The van der Waals surface area contributed by atoms with Gasteiger partial charge in [0.15, 0.2) is 6.61 Å². The van der Waals surface area contributed by atoms with E-state index in [2.05, 4.69) is 19.2 Å². The SMILES string of the molecule is CC(C)c1ccccc1NC(=O)COC(=O)/C=C/c1ccccc1. The fourth-order valence-electron chi connectivity index (χ4n) is 2.21. The van der Waals surface area contributed by atoms with E-state index < -0.39 is 5.97 Å². The van der Waals surface area contributed by atoms with Crippen molar-refractivity contribution in [2.45, 2.75) is 19.8 Å². The number of hydrogen-bond donors (Lipinski definition) is 1. The Balaban J connectivity index is 1.85. The van der Waals surface area contributed by atoms with Gasteiger partial charge in [-0.1, -0.05) is 62.4 Å². The predicted octanol–water partition coefficient (Wildman–Crippen LogP) is 4.01. The molecule has 0 bridgehead atoms. The molecular formula is C20H21NO3. The zero-order valence-corrected chi connectivity index (χ0v) is 13.9. The van der Waals surface area contributed by atoms with Gasteiger partial charge in [-0.2, -0.15) is 0 Å². The molecule has 0 spiro atoms. The molecule has 24 heavy (non-hydrogen) atoms. The van der Waals surface area contributed by atoms with E-state index in [4.69, 9.17) is 4.74 Å². The number of nitrogens with one attached hydrogen (secondary N) is 1. The molecule has 1 N–H and O–H groups in total. The largest absolute Gasteiger partial charge is 0.452 e. The first kappa shape index (κ1) is 17.5. The fraction of sp³-hybridized carbons (Fsp3) is 0.200. The second-order valence-electron chi connectivity index (χ2n) is 5.64. The zero-order chi connectivity index (χ0) is 17.4. The minimum Gasteiger partial charge on any atom is -0.452 e. The molecule has 0 aliphatic heterocycles. The van der Waals surface area contributed by atoms with Crippen molar-refractivity contribution in [2.75, 3.05) is 11.9 Å². The molecule has 1 amide bonds. The number of carbonyl (C=O) groups excluding carboxylic acids is 2. The van der Waals surface area contributed by atoms with E-state index in [1.807, 2.05) is 54.6 Å². The maximum atomic E-state index is 12.0. The Labute approximate surface area is 142 Å². The molecule has 0 saturated carbocycles. The van der Waals surface area contributed by atoms with Crippen LogP contribution in [0.2, 0.25) is 0 Å². The van der Waals surface area contributed by atoms with Crippen LogP contribution in [0.3, 0.4) is 0 Å². The van der Waals surface area contributed by atoms with Crippen molar-refractivity contribution < 1.29 is 14.3 Å². The smallest absolute Gasteiger partial charge is 0.331 e. The van der Waals surface area contributed by atoms with Gasteiger partial charge in [0.05, 0.1) is 0 Å². The highest BCUT2D eigenvalue weighted by Gasteiger charge is 2.10. The van der Waals surface area contributed by atoms with Crippen molar-refractivity contribution in [3.05, 3.63) is 71.8 Å². The van der Waals surface area contributed by atoms with Crippen molar-refractivity contribution in [1.29, 1.82) is 0 Å². The molecular weight excluding hydrogens is 302 g/mol. The third-order valence-corrected chi connectivity index (χ3v) is 3.41. The average molecular weight is 323 g/mol. The lowest BCUT2D eigenvalue weighted by molar-refractivity contribution is -0.142. The molecule has 0 unspecified atom stereocenters. The summed E-state index contributed by atoms with van der Waals surface area (Å²) in [6, 6.07) is 17.0. The van der Waals surface area contributed by atoms with Crippen LogP contribution < -0.4 is 5.32 Å². The number of para-hydroxylation sites is 1. The molecule has 4 heteroatoms. The summed E-state index contributed by atoms with van der Waals surface area (Å²) < 4.78 is 4.96. The Morgan fingerprint density at radius 1 is 1.04 bits per heavy atom. The van der Waals surface area contributed by atoms with Crippen LogP contribution in [0, 0.1) is 0 Å². The highest BCUT2D eigenvalue weighted by Crippen LogP contribution is 2.23. The van der Waals surface area contributed by atoms with Gasteiger partial charge >= 0.3 is 5.97 Å². The van der Waals surface area contributed by atoms with E-state index >= 15 is 0 Å². The molecule has 4 nitrogen and oxygen atoms in total. The first-order chi connectivity index (χ1) is 11.6. The van der Waals surface area contributed by atoms with E-state index in [9.17, 15) is 9.59 Å². The number of ether oxygens (including phenoxy) is 1. The lowest BCUT2D eigenvalue weighted by Gasteiger charge is -2.13. The van der Waals surface area contributed by atoms with Crippen LogP contribution >= 0.6 is 0 Å². The zero-order valence-electron chi connectivity index (χ0n) is 13.9. The topological polar surface area (TPSA) is 55.4 Å². The van der Waals surface area contributed by atoms with Crippen LogP contribution in [0.15, 0.2) is 60.7 Å². The van der Waals surface area contributed by atoms with Crippen molar-refractivity contribution in [2.24, 2.45) is 0 Å². The molecule has 0 heterocycles. The van der Waals surface area contributed by atoms with E-state index in [0.717, 1.165) is 16.8 Å². The van der Waals surface area contributed by atoms with Crippen molar-refractivity contribution in [3.8, 4) is 0 Å². The third kappa shape index (κ3) is 5.39. The molecule has 2 aromatic rings. The summed E-state index contributed by atoms with van der Waals surface area (Å²) in [5.74, 6) is -0.617.